The van der Waals surface area contributed by atoms with E-state index in [4.69, 9.17) is 18.0 Å². The number of hydrogen-bond donors (Lipinski definition) is 2. The zero-order valence-corrected chi connectivity index (χ0v) is 11.1. The maximum atomic E-state index is 13.0. The summed E-state index contributed by atoms with van der Waals surface area (Å²) in [5, 5.41) is 3.16. The van der Waals surface area contributed by atoms with Crippen molar-refractivity contribution in [3.05, 3.63) is 59.5 Å². The van der Waals surface area contributed by atoms with E-state index in [9.17, 15) is 4.39 Å². The summed E-state index contributed by atoms with van der Waals surface area (Å²) in [4.78, 5) is 4.50. The van der Waals surface area contributed by atoms with E-state index in [2.05, 4.69) is 10.3 Å². The standard InChI is InChI=1S/C14H14FN3S/c15-11-4-1-3-10(9-11)6-8-18-14-12(13(16)19)5-2-7-17-14/h1-5,7,9H,6,8H2,(H2,16,19)(H,17,18). The summed E-state index contributed by atoms with van der Waals surface area (Å²) in [6, 6.07) is 10.1. The minimum atomic E-state index is -0.223. The number of aromatic nitrogens is 1. The van der Waals surface area contributed by atoms with Gasteiger partial charge in [-0.15, -0.1) is 0 Å². The fourth-order valence-corrected chi connectivity index (χ4v) is 1.93. The predicted octanol–water partition coefficient (Wildman–Crippen LogP) is 2.51. The van der Waals surface area contributed by atoms with Gasteiger partial charge in [0, 0.05) is 12.7 Å². The van der Waals surface area contributed by atoms with E-state index in [1.807, 2.05) is 12.1 Å². The van der Waals surface area contributed by atoms with Crippen LogP contribution in [0.1, 0.15) is 11.1 Å². The first kappa shape index (κ1) is 13.4. The van der Waals surface area contributed by atoms with Crippen molar-refractivity contribution in [1.82, 2.24) is 4.98 Å². The second kappa shape index (κ2) is 6.24. The van der Waals surface area contributed by atoms with Crippen molar-refractivity contribution < 1.29 is 4.39 Å². The molecule has 0 saturated carbocycles. The molecule has 0 spiro atoms. The third-order valence-electron chi connectivity index (χ3n) is 2.67. The first-order chi connectivity index (χ1) is 9.16. The summed E-state index contributed by atoms with van der Waals surface area (Å²) in [7, 11) is 0. The molecule has 1 aromatic heterocycles. The van der Waals surface area contributed by atoms with Crippen LogP contribution in [-0.2, 0) is 6.42 Å². The largest absolute Gasteiger partial charge is 0.389 e. The number of rotatable bonds is 5. The van der Waals surface area contributed by atoms with E-state index >= 15 is 0 Å². The Bertz CT molecular complexity index is 586. The van der Waals surface area contributed by atoms with Crippen LogP contribution in [0.4, 0.5) is 10.2 Å². The van der Waals surface area contributed by atoms with Crippen molar-refractivity contribution in [2.24, 2.45) is 5.73 Å². The summed E-state index contributed by atoms with van der Waals surface area (Å²) in [6.07, 6.45) is 2.37. The topological polar surface area (TPSA) is 50.9 Å². The molecule has 1 heterocycles. The van der Waals surface area contributed by atoms with Crippen LogP contribution >= 0.6 is 12.2 Å². The van der Waals surface area contributed by atoms with Crippen LogP contribution in [0.2, 0.25) is 0 Å². The van der Waals surface area contributed by atoms with Gasteiger partial charge in [-0.25, -0.2) is 9.37 Å². The molecule has 1 aromatic carbocycles. The lowest BCUT2D eigenvalue weighted by atomic mass is 10.1. The summed E-state index contributed by atoms with van der Waals surface area (Å²) in [6.45, 7) is 0.635. The average Bonchev–Trinajstić information content (AvgIpc) is 2.39. The molecule has 2 aromatic rings. The summed E-state index contributed by atoms with van der Waals surface area (Å²) >= 11 is 4.96. The summed E-state index contributed by atoms with van der Waals surface area (Å²) < 4.78 is 13.0. The van der Waals surface area contributed by atoms with E-state index in [1.165, 1.54) is 12.1 Å². The normalized spacial score (nSPS) is 10.2. The number of nitrogens with one attached hydrogen (secondary N) is 1. The molecule has 19 heavy (non-hydrogen) atoms. The van der Waals surface area contributed by atoms with Crippen molar-refractivity contribution in [3.8, 4) is 0 Å². The molecule has 0 saturated heterocycles. The van der Waals surface area contributed by atoms with E-state index in [1.54, 1.807) is 18.3 Å². The zero-order chi connectivity index (χ0) is 13.7. The molecule has 0 amide bonds. The molecule has 98 valence electrons. The second-order valence-corrected chi connectivity index (χ2v) is 4.51. The molecular weight excluding hydrogens is 261 g/mol. The lowest BCUT2D eigenvalue weighted by molar-refractivity contribution is 0.625. The molecule has 0 aliphatic carbocycles. The number of thiocarbonyl (C=S) groups is 1. The number of anilines is 1. The van der Waals surface area contributed by atoms with Crippen LogP contribution in [0.15, 0.2) is 42.6 Å². The number of halogens is 1. The quantitative estimate of drug-likeness (QED) is 0.823. The highest BCUT2D eigenvalue weighted by molar-refractivity contribution is 7.80. The van der Waals surface area contributed by atoms with Crippen molar-refractivity contribution in [2.45, 2.75) is 6.42 Å². The van der Waals surface area contributed by atoms with Gasteiger partial charge in [0.05, 0.1) is 5.56 Å². The highest BCUT2D eigenvalue weighted by atomic mass is 32.1. The summed E-state index contributed by atoms with van der Waals surface area (Å²) in [5.74, 6) is 0.436. The smallest absolute Gasteiger partial charge is 0.136 e. The fourth-order valence-electron chi connectivity index (χ4n) is 1.76. The number of pyridine rings is 1. The minimum Gasteiger partial charge on any atom is -0.389 e. The van der Waals surface area contributed by atoms with Gasteiger partial charge in [0.1, 0.15) is 16.6 Å². The van der Waals surface area contributed by atoms with Crippen LogP contribution in [-0.4, -0.2) is 16.5 Å². The summed E-state index contributed by atoms with van der Waals surface area (Å²) in [5.41, 5.74) is 7.27. The molecule has 0 fully saturated rings. The number of benzene rings is 1. The molecule has 0 aliphatic heterocycles. The predicted molar refractivity (Wildman–Crippen MR) is 78.7 cm³/mol. The second-order valence-electron chi connectivity index (χ2n) is 4.07. The molecule has 3 nitrogen and oxygen atoms in total. The van der Waals surface area contributed by atoms with Gasteiger partial charge in [-0.3, -0.25) is 0 Å². The van der Waals surface area contributed by atoms with Crippen molar-refractivity contribution in [1.29, 1.82) is 0 Å². The molecule has 5 heteroatoms. The van der Waals surface area contributed by atoms with Crippen molar-refractivity contribution in [2.75, 3.05) is 11.9 Å². The van der Waals surface area contributed by atoms with Gasteiger partial charge in [0.2, 0.25) is 0 Å². The molecule has 3 N–H and O–H groups in total. The maximum Gasteiger partial charge on any atom is 0.136 e. The highest BCUT2D eigenvalue weighted by Crippen LogP contribution is 2.11. The third-order valence-corrected chi connectivity index (χ3v) is 2.89. The van der Waals surface area contributed by atoms with Gasteiger partial charge < -0.3 is 11.1 Å². The molecular formula is C14H14FN3S. The Kier molecular flexibility index (Phi) is 4.41. The lowest BCUT2D eigenvalue weighted by Crippen LogP contribution is -2.15. The number of nitrogens with two attached hydrogens (primary N) is 1. The van der Waals surface area contributed by atoms with Gasteiger partial charge >= 0.3 is 0 Å². The Hall–Kier alpha value is -2.01. The molecule has 0 aliphatic rings. The number of hydrogen-bond acceptors (Lipinski definition) is 3. The van der Waals surface area contributed by atoms with Gasteiger partial charge in [0.25, 0.3) is 0 Å². The zero-order valence-electron chi connectivity index (χ0n) is 10.3. The van der Waals surface area contributed by atoms with Crippen LogP contribution < -0.4 is 11.1 Å². The Morgan fingerprint density at radius 1 is 1.32 bits per heavy atom. The van der Waals surface area contributed by atoms with Crippen molar-refractivity contribution in [3.63, 3.8) is 0 Å². The monoisotopic (exact) mass is 275 g/mol. The van der Waals surface area contributed by atoms with Crippen LogP contribution in [0.3, 0.4) is 0 Å². The van der Waals surface area contributed by atoms with Crippen LogP contribution in [0.5, 0.6) is 0 Å². The average molecular weight is 275 g/mol. The molecule has 0 radical (unpaired) electrons. The molecule has 0 atom stereocenters. The van der Waals surface area contributed by atoms with Gasteiger partial charge in [-0.2, -0.15) is 0 Å². The fraction of sp³-hybridized carbons (Fsp3) is 0.143. The Morgan fingerprint density at radius 3 is 2.89 bits per heavy atom. The molecule has 2 rings (SSSR count). The van der Waals surface area contributed by atoms with E-state index < -0.39 is 0 Å². The SMILES string of the molecule is NC(=S)c1cccnc1NCCc1cccc(F)c1. The van der Waals surface area contributed by atoms with Gasteiger partial charge in [-0.1, -0.05) is 24.4 Å². The molecule has 0 unspecified atom stereocenters. The lowest BCUT2D eigenvalue weighted by Gasteiger charge is -2.09. The van der Waals surface area contributed by atoms with E-state index in [0.29, 0.717) is 23.8 Å². The highest BCUT2D eigenvalue weighted by Gasteiger charge is 2.05. The van der Waals surface area contributed by atoms with Crippen LogP contribution in [0, 0.1) is 5.82 Å². The van der Waals surface area contributed by atoms with Crippen molar-refractivity contribution >= 4 is 23.0 Å². The Morgan fingerprint density at radius 2 is 2.16 bits per heavy atom. The molecule has 0 bridgehead atoms. The van der Waals surface area contributed by atoms with E-state index in [-0.39, 0.29) is 5.82 Å². The third kappa shape index (κ3) is 3.72. The van der Waals surface area contributed by atoms with E-state index in [0.717, 1.165) is 11.1 Å². The maximum absolute atomic E-state index is 13.0. The van der Waals surface area contributed by atoms with Gasteiger partial charge in [-0.05, 0) is 36.2 Å². The Labute approximate surface area is 116 Å². The Balaban J connectivity index is 1.98. The number of nitrogens with zero attached hydrogens (tertiary/aromatic N) is 1. The first-order valence-corrected chi connectivity index (χ1v) is 6.31. The first-order valence-electron chi connectivity index (χ1n) is 5.90. The van der Waals surface area contributed by atoms with Gasteiger partial charge in [0.15, 0.2) is 0 Å². The minimum absolute atomic E-state index is 0.223. The van der Waals surface area contributed by atoms with Crippen LogP contribution in [0.25, 0.3) is 0 Å².